The normalized spacial score (nSPS) is 12.0. The fourth-order valence-corrected chi connectivity index (χ4v) is 1.76. The summed E-state index contributed by atoms with van der Waals surface area (Å²) in [6.45, 7) is 0. The van der Waals surface area contributed by atoms with Gasteiger partial charge in [0, 0.05) is 0 Å². The molecule has 2 aromatic carbocycles. The van der Waals surface area contributed by atoms with Crippen LogP contribution in [-0.2, 0) is 15.4 Å². The van der Waals surface area contributed by atoms with E-state index in [4.69, 9.17) is 14.2 Å². The molecule has 1 unspecified atom stereocenters. The Balaban J connectivity index is 1.84. The van der Waals surface area contributed by atoms with Crippen LogP contribution in [0.25, 0.3) is 0 Å². The maximum Gasteiger partial charge on any atom is 0.209 e. The first kappa shape index (κ1) is 13.3. The Morgan fingerprint density at radius 3 is 2.32 bits per heavy atom. The summed E-state index contributed by atoms with van der Waals surface area (Å²) in [5, 5.41) is 19.9. The minimum atomic E-state index is -1.78. The number of nitrogens with one attached hydrogen (secondary N) is 1. The molecular weight excluding hydrogens is 270 g/mol. The summed E-state index contributed by atoms with van der Waals surface area (Å²) in [7, 11) is 0. The molecule has 0 bridgehead atoms. The molecule has 2 aromatic rings. The SMILES string of the molecule is O=S(ONOc1ccc([O-])cc1)c1ccc(O)cc1. The van der Waals surface area contributed by atoms with Gasteiger partial charge in [-0.05, 0) is 42.0 Å². The van der Waals surface area contributed by atoms with Crippen LogP contribution >= 0.6 is 0 Å². The van der Waals surface area contributed by atoms with E-state index >= 15 is 0 Å². The van der Waals surface area contributed by atoms with Crippen LogP contribution in [0, 0.1) is 0 Å². The van der Waals surface area contributed by atoms with Crippen LogP contribution in [-0.4, -0.2) is 9.32 Å². The summed E-state index contributed by atoms with van der Waals surface area (Å²) in [5.74, 6) is 0.283. The summed E-state index contributed by atoms with van der Waals surface area (Å²) in [6, 6.07) is 11.2. The largest absolute Gasteiger partial charge is 0.872 e. The van der Waals surface area contributed by atoms with Gasteiger partial charge in [-0.15, -0.1) is 5.75 Å². The molecule has 0 aliphatic carbocycles. The lowest BCUT2D eigenvalue weighted by Crippen LogP contribution is -2.20. The molecule has 0 saturated heterocycles. The van der Waals surface area contributed by atoms with E-state index in [2.05, 4.69) is 5.64 Å². The average molecular weight is 280 g/mol. The Bertz CT molecular complexity index is 555. The Morgan fingerprint density at radius 2 is 1.68 bits per heavy atom. The van der Waals surface area contributed by atoms with Crippen LogP contribution in [0.4, 0.5) is 0 Å². The number of benzene rings is 2. The van der Waals surface area contributed by atoms with Gasteiger partial charge in [-0.1, -0.05) is 12.1 Å². The Kier molecular flexibility index (Phi) is 4.35. The van der Waals surface area contributed by atoms with Gasteiger partial charge in [0.15, 0.2) is 0 Å². The molecule has 0 radical (unpaired) electrons. The van der Waals surface area contributed by atoms with Crippen molar-refractivity contribution in [2.75, 3.05) is 0 Å². The van der Waals surface area contributed by atoms with Crippen LogP contribution in [0.3, 0.4) is 0 Å². The molecule has 0 aromatic heterocycles. The Hall–Kier alpha value is -2.09. The van der Waals surface area contributed by atoms with E-state index in [-0.39, 0.29) is 11.5 Å². The molecule has 2 N–H and O–H groups in total. The van der Waals surface area contributed by atoms with E-state index in [1.807, 2.05) is 0 Å². The highest BCUT2D eigenvalue weighted by Gasteiger charge is 2.05. The first-order valence-corrected chi connectivity index (χ1v) is 6.30. The van der Waals surface area contributed by atoms with Gasteiger partial charge in [0.1, 0.15) is 11.5 Å². The van der Waals surface area contributed by atoms with Crippen molar-refractivity contribution < 1.29 is 23.5 Å². The number of hydrogen-bond acceptors (Lipinski definition) is 6. The highest BCUT2D eigenvalue weighted by molar-refractivity contribution is 7.80. The second kappa shape index (κ2) is 6.19. The minimum Gasteiger partial charge on any atom is -0.872 e. The zero-order valence-electron chi connectivity index (χ0n) is 9.61. The zero-order valence-corrected chi connectivity index (χ0v) is 10.4. The average Bonchev–Trinajstić information content (AvgIpc) is 2.41. The van der Waals surface area contributed by atoms with Crippen molar-refractivity contribution in [3.05, 3.63) is 48.5 Å². The fourth-order valence-electron chi connectivity index (χ4n) is 1.21. The summed E-state index contributed by atoms with van der Waals surface area (Å²) in [4.78, 5) is 5.29. The summed E-state index contributed by atoms with van der Waals surface area (Å²) >= 11 is -1.78. The van der Waals surface area contributed by atoms with E-state index < -0.39 is 11.1 Å². The van der Waals surface area contributed by atoms with Crippen molar-refractivity contribution in [3.8, 4) is 17.2 Å². The molecule has 1 atom stereocenters. The molecule has 2 rings (SSSR count). The lowest BCUT2D eigenvalue weighted by Gasteiger charge is -2.08. The summed E-state index contributed by atoms with van der Waals surface area (Å²) in [5.41, 5.74) is 2.07. The smallest absolute Gasteiger partial charge is 0.209 e. The molecule has 19 heavy (non-hydrogen) atoms. The number of phenolic OH excluding ortho intramolecular Hbond substituents is 1. The number of hydrogen-bond donors (Lipinski definition) is 2. The molecule has 0 amide bonds. The van der Waals surface area contributed by atoms with Crippen molar-refractivity contribution >= 4 is 11.1 Å². The van der Waals surface area contributed by atoms with E-state index in [1.54, 1.807) is 0 Å². The van der Waals surface area contributed by atoms with Gasteiger partial charge >= 0.3 is 0 Å². The van der Waals surface area contributed by atoms with Gasteiger partial charge in [0.2, 0.25) is 11.1 Å². The third-order valence-electron chi connectivity index (χ3n) is 2.12. The molecule has 0 spiro atoms. The van der Waals surface area contributed by atoms with Crippen LogP contribution in [0.5, 0.6) is 17.2 Å². The predicted octanol–water partition coefficient (Wildman–Crippen LogP) is 1.00. The van der Waals surface area contributed by atoms with Crippen molar-refractivity contribution in [1.82, 2.24) is 5.64 Å². The highest BCUT2D eigenvalue weighted by atomic mass is 32.2. The van der Waals surface area contributed by atoms with Gasteiger partial charge in [-0.2, -0.15) is 4.28 Å². The van der Waals surface area contributed by atoms with Gasteiger partial charge in [-0.3, -0.25) is 0 Å². The number of phenols is 1. The van der Waals surface area contributed by atoms with Crippen LogP contribution < -0.4 is 15.6 Å². The van der Waals surface area contributed by atoms with E-state index in [0.717, 1.165) is 0 Å². The van der Waals surface area contributed by atoms with Crippen LogP contribution in [0.2, 0.25) is 0 Å². The third kappa shape index (κ3) is 3.95. The second-order valence-corrected chi connectivity index (χ2v) is 4.58. The van der Waals surface area contributed by atoms with Gasteiger partial charge in [-0.25, -0.2) is 4.21 Å². The Labute approximate surface area is 111 Å². The second-order valence-electron chi connectivity index (χ2n) is 3.47. The highest BCUT2D eigenvalue weighted by Crippen LogP contribution is 2.14. The first-order chi connectivity index (χ1) is 9.15. The molecular formula is C12H10NO5S-. The summed E-state index contributed by atoms with van der Waals surface area (Å²) < 4.78 is 16.4. The molecule has 0 heterocycles. The van der Waals surface area contributed by atoms with E-state index in [9.17, 15) is 9.32 Å². The maximum atomic E-state index is 11.6. The van der Waals surface area contributed by atoms with E-state index in [1.165, 1.54) is 48.5 Å². The van der Waals surface area contributed by atoms with Crippen molar-refractivity contribution in [1.29, 1.82) is 0 Å². The van der Waals surface area contributed by atoms with Gasteiger partial charge in [0.25, 0.3) is 0 Å². The summed E-state index contributed by atoms with van der Waals surface area (Å²) in [6.07, 6.45) is 0. The zero-order chi connectivity index (χ0) is 13.7. The molecule has 100 valence electrons. The van der Waals surface area contributed by atoms with Crippen LogP contribution in [0.1, 0.15) is 0 Å². The first-order valence-electron chi connectivity index (χ1n) is 5.22. The Morgan fingerprint density at radius 1 is 1.05 bits per heavy atom. The monoisotopic (exact) mass is 280 g/mol. The molecule has 0 aliphatic rings. The van der Waals surface area contributed by atoms with Gasteiger partial charge < -0.3 is 15.1 Å². The fraction of sp³-hybridized carbons (Fsp3) is 0. The number of rotatable bonds is 5. The lowest BCUT2D eigenvalue weighted by molar-refractivity contribution is -0.268. The van der Waals surface area contributed by atoms with Gasteiger partial charge in [0.05, 0.1) is 4.90 Å². The maximum absolute atomic E-state index is 11.6. The quantitative estimate of drug-likeness (QED) is 0.794. The van der Waals surface area contributed by atoms with Crippen molar-refractivity contribution in [3.63, 3.8) is 0 Å². The molecule has 0 aliphatic heterocycles. The van der Waals surface area contributed by atoms with Crippen molar-refractivity contribution in [2.45, 2.75) is 4.90 Å². The minimum absolute atomic E-state index is 0.0719. The molecule has 7 heteroatoms. The molecule has 0 fully saturated rings. The number of aromatic hydroxyl groups is 1. The third-order valence-corrected chi connectivity index (χ3v) is 3.00. The topological polar surface area (TPSA) is 90.9 Å². The van der Waals surface area contributed by atoms with E-state index in [0.29, 0.717) is 10.6 Å². The molecule has 6 nitrogen and oxygen atoms in total. The molecule has 0 saturated carbocycles. The lowest BCUT2D eigenvalue weighted by atomic mass is 10.3. The standard InChI is InChI=1S/C12H11NO5S/c14-9-1-5-11(6-2-9)17-13-18-19(16)12-7-3-10(15)4-8-12/h1-8,13-15H/p-1. The predicted molar refractivity (Wildman–Crippen MR) is 65.3 cm³/mol. The van der Waals surface area contributed by atoms with Crippen molar-refractivity contribution in [2.24, 2.45) is 0 Å². The van der Waals surface area contributed by atoms with Crippen LogP contribution in [0.15, 0.2) is 53.4 Å².